The van der Waals surface area contributed by atoms with Gasteiger partial charge in [-0.25, -0.2) is 0 Å². The standard InChI is InChI=1S/C9H11BrF2N2O3S/c1-14(2)18(15,16)13-7-4-3-6(10)5-8(7)17-9(11)12/h3-5,9,13H,1-2H3. The van der Waals surface area contributed by atoms with Crippen molar-refractivity contribution in [1.82, 2.24) is 4.31 Å². The van der Waals surface area contributed by atoms with E-state index in [9.17, 15) is 17.2 Å². The molecule has 102 valence electrons. The van der Waals surface area contributed by atoms with Crippen LogP contribution in [-0.2, 0) is 10.2 Å². The predicted octanol–water partition coefficient (Wildman–Crippen LogP) is 2.27. The SMILES string of the molecule is CN(C)S(=O)(=O)Nc1ccc(Br)cc1OC(F)F. The molecular formula is C9H11BrF2N2O3S. The fourth-order valence-electron chi connectivity index (χ4n) is 1.00. The molecule has 0 bridgehead atoms. The van der Waals surface area contributed by atoms with Gasteiger partial charge in [0.25, 0.3) is 0 Å². The summed E-state index contributed by atoms with van der Waals surface area (Å²) in [5.41, 5.74) is -0.0628. The second-order valence-electron chi connectivity index (χ2n) is 3.41. The van der Waals surface area contributed by atoms with Gasteiger partial charge < -0.3 is 4.74 Å². The van der Waals surface area contributed by atoms with E-state index in [1.54, 1.807) is 0 Å². The Kier molecular flexibility index (Phi) is 4.88. The molecule has 1 rings (SSSR count). The minimum absolute atomic E-state index is 0.0628. The minimum Gasteiger partial charge on any atom is -0.433 e. The van der Waals surface area contributed by atoms with Crippen molar-refractivity contribution in [1.29, 1.82) is 0 Å². The number of alkyl halides is 2. The molecule has 0 aromatic heterocycles. The van der Waals surface area contributed by atoms with Crippen molar-refractivity contribution in [3.63, 3.8) is 0 Å². The number of hydrogen-bond donors (Lipinski definition) is 1. The summed E-state index contributed by atoms with van der Waals surface area (Å²) in [6.07, 6.45) is 0. The lowest BCUT2D eigenvalue weighted by atomic mass is 10.3. The maximum Gasteiger partial charge on any atom is 0.387 e. The van der Waals surface area contributed by atoms with Crippen molar-refractivity contribution in [2.45, 2.75) is 6.61 Å². The van der Waals surface area contributed by atoms with Crippen LogP contribution < -0.4 is 9.46 Å². The zero-order chi connectivity index (χ0) is 13.9. The Morgan fingerprint density at radius 2 is 2.00 bits per heavy atom. The highest BCUT2D eigenvalue weighted by Gasteiger charge is 2.17. The maximum absolute atomic E-state index is 12.2. The number of rotatable bonds is 5. The molecule has 5 nitrogen and oxygen atoms in total. The summed E-state index contributed by atoms with van der Waals surface area (Å²) in [4.78, 5) is 0. The molecule has 1 aromatic carbocycles. The highest BCUT2D eigenvalue weighted by molar-refractivity contribution is 9.10. The van der Waals surface area contributed by atoms with Crippen molar-refractivity contribution in [2.24, 2.45) is 0 Å². The normalized spacial score (nSPS) is 11.9. The molecule has 1 aromatic rings. The second kappa shape index (κ2) is 5.81. The van der Waals surface area contributed by atoms with E-state index in [4.69, 9.17) is 0 Å². The molecule has 0 spiro atoms. The number of nitrogens with zero attached hydrogens (tertiary/aromatic N) is 1. The third kappa shape index (κ3) is 4.07. The van der Waals surface area contributed by atoms with Crippen LogP contribution in [0, 0.1) is 0 Å². The van der Waals surface area contributed by atoms with Crippen LogP contribution in [0.4, 0.5) is 14.5 Å². The van der Waals surface area contributed by atoms with Crippen molar-refractivity contribution in [3.05, 3.63) is 22.7 Å². The van der Waals surface area contributed by atoms with Gasteiger partial charge in [0.05, 0.1) is 5.69 Å². The maximum atomic E-state index is 12.2. The van der Waals surface area contributed by atoms with Gasteiger partial charge in [-0.05, 0) is 18.2 Å². The summed E-state index contributed by atoms with van der Waals surface area (Å²) in [6, 6.07) is 4.08. The van der Waals surface area contributed by atoms with E-state index in [0.717, 1.165) is 4.31 Å². The van der Waals surface area contributed by atoms with Gasteiger partial charge in [0.15, 0.2) is 5.75 Å². The summed E-state index contributed by atoms with van der Waals surface area (Å²) in [7, 11) is -1.15. The van der Waals surface area contributed by atoms with Crippen LogP contribution in [0.3, 0.4) is 0 Å². The molecule has 18 heavy (non-hydrogen) atoms. The van der Waals surface area contributed by atoms with Gasteiger partial charge in [0, 0.05) is 18.6 Å². The van der Waals surface area contributed by atoms with Crippen LogP contribution in [0.1, 0.15) is 0 Å². The van der Waals surface area contributed by atoms with E-state index in [-0.39, 0.29) is 11.4 Å². The number of ether oxygens (including phenoxy) is 1. The number of hydrogen-bond acceptors (Lipinski definition) is 3. The molecule has 0 aliphatic heterocycles. The van der Waals surface area contributed by atoms with Crippen LogP contribution in [0.25, 0.3) is 0 Å². The van der Waals surface area contributed by atoms with Crippen molar-refractivity contribution in [2.75, 3.05) is 18.8 Å². The second-order valence-corrected chi connectivity index (χ2v) is 6.21. The molecule has 0 aliphatic carbocycles. The van der Waals surface area contributed by atoms with Gasteiger partial charge in [-0.1, -0.05) is 15.9 Å². The Morgan fingerprint density at radius 3 is 2.50 bits per heavy atom. The smallest absolute Gasteiger partial charge is 0.387 e. The Balaban J connectivity index is 3.09. The van der Waals surface area contributed by atoms with E-state index < -0.39 is 16.8 Å². The van der Waals surface area contributed by atoms with Crippen LogP contribution in [0.15, 0.2) is 22.7 Å². The predicted molar refractivity (Wildman–Crippen MR) is 67.0 cm³/mol. The van der Waals surface area contributed by atoms with Crippen LogP contribution in [0.2, 0.25) is 0 Å². The van der Waals surface area contributed by atoms with Crippen LogP contribution in [0.5, 0.6) is 5.75 Å². The van der Waals surface area contributed by atoms with Gasteiger partial charge in [0.2, 0.25) is 0 Å². The van der Waals surface area contributed by atoms with Crippen molar-refractivity contribution >= 4 is 31.8 Å². The zero-order valence-electron chi connectivity index (χ0n) is 9.52. The van der Waals surface area contributed by atoms with E-state index in [1.807, 2.05) is 0 Å². The first kappa shape index (κ1) is 15.1. The van der Waals surface area contributed by atoms with Gasteiger partial charge in [-0.15, -0.1) is 0 Å². The lowest BCUT2D eigenvalue weighted by molar-refractivity contribution is -0.0493. The van der Waals surface area contributed by atoms with Gasteiger partial charge in [-0.2, -0.15) is 21.5 Å². The highest BCUT2D eigenvalue weighted by Crippen LogP contribution is 2.30. The average molecular weight is 345 g/mol. The quantitative estimate of drug-likeness (QED) is 0.891. The topological polar surface area (TPSA) is 58.6 Å². The first-order valence-corrected chi connectivity index (χ1v) is 6.90. The van der Waals surface area contributed by atoms with Gasteiger partial charge in [-0.3, -0.25) is 4.72 Å². The van der Waals surface area contributed by atoms with Crippen molar-refractivity contribution in [3.8, 4) is 5.75 Å². The Bertz CT molecular complexity index is 523. The molecule has 0 radical (unpaired) electrons. The Hall–Kier alpha value is -0.930. The monoisotopic (exact) mass is 344 g/mol. The van der Waals surface area contributed by atoms with Crippen molar-refractivity contribution < 1.29 is 21.9 Å². The number of anilines is 1. The zero-order valence-corrected chi connectivity index (χ0v) is 11.9. The minimum atomic E-state index is -3.78. The van der Waals surface area contributed by atoms with E-state index in [1.165, 1.54) is 32.3 Å². The molecule has 0 saturated carbocycles. The average Bonchev–Trinajstić information content (AvgIpc) is 2.21. The lowest BCUT2D eigenvalue weighted by Gasteiger charge is -2.16. The van der Waals surface area contributed by atoms with E-state index >= 15 is 0 Å². The Morgan fingerprint density at radius 1 is 1.39 bits per heavy atom. The number of nitrogens with one attached hydrogen (secondary N) is 1. The van der Waals surface area contributed by atoms with E-state index in [0.29, 0.717) is 4.47 Å². The number of benzene rings is 1. The molecule has 0 amide bonds. The third-order valence-electron chi connectivity index (χ3n) is 1.88. The molecule has 0 heterocycles. The first-order chi connectivity index (χ1) is 8.22. The molecule has 0 atom stereocenters. The van der Waals surface area contributed by atoms with Crippen LogP contribution in [-0.4, -0.2) is 33.4 Å². The molecular weight excluding hydrogens is 334 g/mol. The molecule has 0 unspecified atom stereocenters. The van der Waals surface area contributed by atoms with Gasteiger partial charge in [0.1, 0.15) is 0 Å². The fraction of sp³-hybridized carbons (Fsp3) is 0.333. The summed E-state index contributed by atoms with van der Waals surface area (Å²) in [6.45, 7) is -3.04. The summed E-state index contributed by atoms with van der Waals surface area (Å²) in [5, 5.41) is 0. The largest absolute Gasteiger partial charge is 0.433 e. The fourth-order valence-corrected chi connectivity index (χ4v) is 1.97. The molecule has 0 saturated heterocycles. The summed E-state index contributed by atoms with van der Waals surface area (Å²) in [5.74, 6) is -0.259. The lowest BCUT2D eigenvalue weighted by Crippen LogP contribution is -2.29. The summed E-state index contributed by atoms with van der Waals surface area (Å²) >= 11 is 3.08. The molecule has 9 heteroatoms. The van der Waals surface area contributed by atoms with E-state index in [2.05, 4.69) is 25.4 Å². The first-order valence-electron chi connectivity index (χ1n) is 4.67. The molecule has 0 fully saturated rings. The number of halogens is 3. The molecule has 0 aliphatic rings. The van der Waals surface area contributed by atoms with Crippen LogP contribution >= 0.6 is 15.9 Å². The highest BCUT2D eigenvalue weighted by atomic mass is 79.9. The van der Waals surface area contributed by atoms with Gasteiger partial charge >= 0.3 is 16.8 Å². The molecule has 1 N–H and O–H groups in total. The summed E-state index contributed by atoms with van der Waals surface area (Å²) < 4.78 is 55.4. The third-order valence-corrected chi connectivity index (χ3v) is 3.81. The Labute approximate surface area is 112 Å².